The summed E-state index contributed by atoms with van der Waals surface area (Å²) in [5, 5.41) is 13.0. The molecule has 0 bridgehead atoms. The number of nitrogens with one attached hydrogen (secondary N) is 1. The Hall–Kier alpha value is -2.82. The molecule has 0 aliphatic heterocycles. The number of carbonyl (C=O) groups is 2. The Morgan fingerprint density at radius 3 is 2.77 bits per heavy atom. The number of aromatic nitrogens is 3. The summed E-state index contributed by atoms with van der Waals surface area (Å²) in [4.78, 5) is 25.9. The molecule has 1 aromatic carbocycles. The number of amides is 1. The number of hydrogen-bond donors (Lipinski definition) is 1. The van der Waals surface area contributed by atoms with E-state index in [1.54, 1.807) is 25.1 Å². The van der Waals surface area contributed by atoms with Crippen molar-refractivity contribution in [3.63, 3.8) is 0 Å². The van der Waals surface area contributed by atoms with E-state index in [1.165, 1.54) is 23.1 Å². The first kappa shape index (κ1) is 26.8. The van der Waals surface area contributed by atoms with Gasteiger partial charge in [-0.3, -0.25) is 9.36 Å². The molecular weight excluding hydrogens is 508 g/mol. The van der Waals surface area contributed by atoms with Crippen LogP contribution in [-0.2, 0) is 29.1 Å². The molecule has 0 unspecified atom stereocenters. The van der Waals surface area contributed by atoms with E-state index in [4.69, 9.17) is 21.1 Å². The van der Waals surface area contributed by atoms with Gasteiger partial charge in [-0.05, 0) is 50.1 Å². The zero-order valence-electron chi connectivity index (χ0n) is 19.8. The number of allylic oxidation sites excluding steroid dienone is 1. The maximum Gasteiger partial charge on any atom is 0.341 e. The van der Waals surface area contributed by atoms with Gasteiger partial charge in [0.25, 0.3) is 0 Å². The van der Waals surface area contributed by atoms with Crippen molar-refractivity contribution in [2.24, 2.45) is 0 Å². The number of nitrogens with zero attached hydrogens (tertiary/aromatic N) is 3. The predicted octanol–water partition coefficient (Wildman–Crippen LogP) is 5.54. The molecule has 8 nitrogen and oxygen atoms in total. The first-order valence-electron chi connectivity index (χ1n) is 11.0. The van der Waals surface area contributed by atoms with Crippen LogP contribution in [0.2, 0.25) is 5.02 Å². The molecule has 0 spiro atoms. The van der Waals surface area contributed by atoms with E-state index in [0.29, 0.717) is 38.9 Å². The number of aryl methyl sites for hydroxylation is 2. The summed E-state index contributed by atoms with van der Waals surface area (Å²) in [5.41, 5.74) is 1.29. The molecule has 0 atom stereocenters. The summed E-state index contributed by atoms with van der Waals surface area (Å²) in [6.07, 6.45) is 2.49. The van der Waals surface area contributed by atoms with E-state index in [0.717, 1.165) is 16.9 Å². The van der Waals surface area contributed by atoms with Crippen LogP contribution < -0.4 is 10.1 Å². The largest absolute Gasteiger partial charge is 0.485 e. The number of hydrogen-bond acceptors (Lipinski definition) is 8. The Bertz CT molecular complexity index is 1210. The van der Waals surface area contributed by atoms with Crippen LogP contribution in [0.3, 0.4) is 0 Å². The molecule has 0 fully saturated rings. The number of anilines is 1. The fourth-order valence-electron chi connectivity index (χ4n) is 3.12. The zero-order valence-corrected chi connectivity index (χ0v) is 22.2. The van der Waals surface area contributed by atoms with Gasteiger partial charge < -0.3 is 14.8 Å². The fraction of sp³-hybridized carbons (Fsp3) is 0.333. The van der Waals surface area contributed by atoms with E-state index in [-0.39, 0.29) is 24.9 Å². The Kier molecular flexibility index (Phi) is 9.76. The van der Waals surface area contributed by atoms with Crippen molar-refractivity contribution < 1.29 is 19.1 Å². The van der Waals surface area contributed by atoms with Crippen molar-refractivity contribution in [1.29, 1.82) is 0 Å². The number of thiophene rings is 1. The molecule has 0 aliphatic rings. The second-order valence-electron chi connectivity index (χ2n) is 7.36. The van der Waals surface area contributed by atoms with Gasteiger partial charge in [0.05, 0.1) is 17.9 Å². The minimum Gasteiger partial charge on any atom is -0.485 e. The maximum atomic E-state index is 12.7. The Morgan fingerprint density at radius 2 is 2.09 bits per heavy atom. The highest BCUT2D eigenvalue weighted by Gasteiger charge is 2.20. The minimum absolute atomic E-state index is 0.0913. The molecule has 0 radical (unpaired) electrons. The average molecular weight is 535 g/mol. The lowest BCUT2D eigenvalue weighted by Crippen LogP contribution is -2.16. The number of esters is 1. The van der Waals surface area contributed by atoms with E-state index < -0.39 is 5.97 Å². The van der Waals surface area contributed by atoms with Crippen molar-refractivity contribution in [3.8, 4) is 5.75 Å². The molecule has 186 valence electrons. The molecule has 35 heavy (non-hydrogen) atoms. The predicted molar refractivity (Wildman–Crippen MR) is 140 cm³/mol. The standard InChI is InChI=1S/C24H27ClN4O4S2/c1-5-10-29-20(13-33-19-9-8-16(25)11-15(19)4)27-28-24(29)34-14-21(30)26-22-18(23(31)32-7-3)12-17(6-2)35-22/h5,8-9,11-12H,1,6-7,10,13-14H2,2-4H3,(H,26,30). The van der Waals surface area contributed by atoms with Gasteiger partial charge in [-0.1, -0.05) is 36.4 Å². The monoisotopic (exact) mass is 534 g/mol. The van der Waals surface area contributed by atoms with Crippen molar-refractivity contribution in [2.75, 3.05) is 17.7 Å². The van der Waals surface area contributed by atoms with Crippen molar-refractivity contribution >= 4 is 51.6 Å². The van der Waals surface area contributed by atoms with Crippen LogP contribution in [0, 0.1) is 6.92 Å². The number of benzene rings is 1. The zero-order chi connectivity index (χ0) is 25.4. The topological polar surface area (TPSA) is 95.3 Å². The third-order valence-corrected chi connectivity index (χ3v) is 7.21. The lowest BCUT2D eigenvalue weighted by atomic mass is 10.2. The lowest BCUT2D eigenvalue weighted by Gasteiger charge is -2.11. The van der Waals surface area contributed by atoms with Crippen LogP contribution in [-0.4, -0.2) is 39.0 Å². The summed E-state index contributed by atoms with van der Waals surface area (Å²) < 4.78 is 12.9. The minimum atomic E-state index is -0.447. The van der Waals surface area contributed by atoms with Crippen LogP contribution in [0.25, 0.3) is 0 Å². The van der Waals surface area contributed by atoms with Crippen molar-refractivity contribution in [1.82, 2.24) is 14.8 Å². The van der Waals surface area contributed by atoms with Gasteiger partial charge in [-0.15, -0.1) is 28.1 Å². The molecule has 3 rings (SSSR count). The maximum absolute atomic E-state index is 12.7. The van der Waals surface area contributed by atoms with Gasteiger partial charge in [0.15, 0.2) is 11.0 Å². The van der Waals surface area contributed by atoms with Gasteiger partial charge in [-0.25, -0.2) is 4.79 Å². The van der Waals surface area contributed by atoms with Gasteiger partial charge in [0.2, 0.25) is 5.91 Å². The number of ether oxygens (including phenoxy) is 2. The van der Waals surface area contributed by atoms with Crippen molar-refractivity contribution in [3.05, 3.63) is 63.8 Å². The van der Waals surface area contributed by atoms with Crippen LogP contribution in [0.4, 0.5) is 5.00 Å². The fourth-order valence-corrected chi connectivity index (χ4v) is 5.12. The average Bonchev–Trinajstić information content (AvgIpc) is 3.41. The second-order valence-corrected chi connectivity index (χ2v) is 9.88. The Balaban J connectivity index is 1.66. The van der Waals surface area contributed by atoms with Gasteiger partial charge in [-0.2, -0.15) is 0 Å². The van der Waals surface area contributed by atoms with Crippen molar-refractivity contribution in [2.45, 2.75) is 45.5 Å². The molecular formula is C24H27ClN4O4S2. The molecule has 11 heteroatoms. The van der Waals surface area contributed by atoms with E-state index in [9.17, 15) is 9.59 Å². The summed E-state index contributed by atoms with van der Waals surface area (Å²) in [6.45, 7) is 10.4. The highest BCUT2D eigenvalue weighted by molar-refractivity contribution is 7.99. The summed E-state index contributed by atoms with van der Waals surface area (Å²) in [5.74, 6) is 0.702. The van der Waals surface area contributed by atoms with E-state index >= 15 is 0 Å². The van der Waals surface area contributed by atoms with Crippen LogP contribution in [0.15, 0.2) is 42.1 Å². The molecule has 2 aromatic heterocycles. The summed E-state index contributed by atoms with van der Waals surface area (Å²) >= 11 is 8.63. The molecule has 1 N–H and O–H groups in total. The number of halogens is 1. The summed E-state index contributed by atoms with van der Waals surface area (Å²) in [7, 11) is 0. The number of thioether (sulfide) groups is 1. The van der Waals surface area contributed by atoms with E-state index in [2.05, 4.69) is 22.1 Å². The first-order valence-corrected chi connectivity index (χ1v) is 13.2. The molecule has 2 heterocycles. The number of rotatable bonds is 12. The van der Waals surface area contributed by atoms with Gasteiger partial charge in [0.1, 0.15) is 17.4 Å². The third kappa shape index (κ3) is 7.09. The molecule has 0 aliphatic carbocycles. The molecule has 0 saturated heterocycles. The normalized spacial score (nSPS) is 10.7. The summed E-state index contributed by atoms with van der Waals surface area (Å²) in [6, 6.07) is 7.17. The van der Waals surface area contributed by atoms with Crippen LogP contribution in [0.5, 0.6) is 5.75 Å². The molecule has 3 aromatic rings. The Morgan fingerprint density at radius 1 is 1.29 bits per heavy atom. The first-order chi connectivity index (χ1) is 16.9. The second kappa shape index (κ2) is 12.8. The van der Waals surface area contributed by atoms with Gasteiger partial charge >= 0.3 is 5.97 Å². The van der Waals surface area contributed by atoms with Gasteiger partial charge in [0, 0.05) is 16.4 Å². The van der Waals surface area contributed by atoms with Crippen LogP contribution in [0.1, 0.15) is 40.5 Å². The Labute approximate surface area is 217 Å². The third-order valence-electron chi connectivity index (χ3n) is 4.81. The quantitative estimate of drug-likeness (QED) is 0.185. The van der Waals surface area contributed by atoms with E-state index in [1.807, 2.05) is 30.5 Å². The lowest BCUT2D eigenvalue weighted by molar-refractivity contribution is -0.113. The highest BCUT2D eigenvalue weighted by Crippen LogP contribution is 2.30. The molecule has 1 amide bonds. The number of carbonyl (C=O) groups excluding carboxylic acids is 2. The SMILES string of the molecule is C=CCn1c(COc2ccc(Cl)cc2C)nnc1SCC(=O)Nc1sc(CC)cc1C(=O)OCC. The smallest absolute Gasteiger partial charge is 0.341 e. The molecule has 0 saturated carbocycles. The highest BCUT2D eigenvalue weighted by atomic mass is 35.5. The van der Waals surface area contributed by atoms with Crippen LogP contribution >= 0.6 is 34.7 Å².